The first-order chi connectivity index (χ1) is 8.80. The third kappa shape index (κ3) is 2.56. The molecular formula is C14H14O4S. The van der Waals surface area contributed by atoms with E-state index in [-0.39, 0.29) is 21.3 Å². The van der Waals surface area contributed by atoms with E-state index >= 15 is 0 Å². The molecule has 0 fully saturated rings. The van der Waals surface area contributed by atoms with Gasteiger partial charge in [0, 0.05) is 6.07 Å². The van der Waals surface area contributed by atoms with Crippen LogP contribution in [0.1, 0.15) is 11.1 Å². The molecule has 0 radical (unpaired) electrons. The summed E-state index contributed by atoms with van der Waals surface area (Å²) >= 11 is 0. The van der Waals surface area contributed by atoms with Gasteiger partial charge in [0.15, 0.2) is 0 Å². The summed E-state index contributed by atoms with van der Waals surface area (Å²) in [7, 11) is -3.85. The molecule has 2 aromatic rings. The zero-order chi connectivity index (χ0) is 14.2. The van der Waals surface area contributed by atoms with Crippen LogP contribution in [-0.2, 0) is 9.84 Å². The molecule has 0 aliphatic carbocycles. The van der Waals surface area contributed by atoms with Crippen molar-refractivity contribution >= 4 is 9.84 Å². The molecular weight excluding hydrogens is 264 g/mol. The van der Waals surface area contributed by atoms with Crippen LogP contribution >= 0.6 is 0 Å². The number of benzene rings is 2. The highest BCUT2D eigenvalue weighted by molar-refractivity contribution is 7.91. The number of aryl methyl sites for hydroxylation is 2. The maximum absolute atomic E-state index is 12.4. The van der Waals surface area contributed by atoms with Crippen molar-refractivity contribution < 1.29 is 18.6 Å². The van der Waals surface area contributed by atoms with Crippen LogP contribution in [0.2, 0.25) is 0 Å². The van der Waals surface area contributed by atoms with Gasteiger partial charge in [0.2, 0.25) is 9.84 Å². The number of phenolic OH excluding ortho intramolecular Hbond substituents is 2. The maximum atomic E-state index is 12.4. The van der Waals surface area contributed by atoms with Gasteiger partial charge in [-0.15, -0.1) is 0 Å². The Labute approximate surface area is 111 Å². The van der Waals surface area contributed by atoms with E-state index in [0.717, 1.165) is 23.3 Å². The summed E-state index contributed by atoms with van der Waals surface area (Å²) in [5.41, 5.74) is 1.64. The second-order valence-corrected chi connectivity index (χ2v) is 6.40. The van der Waals surface area contributed by atoms with E-state index in [0.29, 0.717) is 0 Å². The zero-order valence-electron chi connectivity index (χ0n) is 10.6. The summed E-state index contributed by atoms with van der Waals surface area (Å²) in [5.74, 6) is -0.585. The van der Waals surface area contributed by atoms with Gasteiger partial charge in [-0.05, 0) is 49.2 Å². The number of aromatic hydroxyl groups is 2. The summed E-state index contributed by atoms with van der Waals surface area (Å²) in [6.07, 6.45) is 0. The number of sulfone groups is 1. The minimum Gasteiger partial charge on any atom is -0.508 e. The fourth-order valence-corrected chi connectivity index (χ4v) is 3.49. The van der Waals surface area contributed by atoms with Crippen LogP contribution in [0, 0.1) is 13.8 Å². The summed E-state index contributed by atoms with van der Waals surface area (Å²) in [6.45, 7) is 3.60. The van der Waals surface area contributed by atoms with Crippen molar-refractivity contribution in [2.24, 2.45) is 0 Å². The van der Waals surface area contributed by atoms with E-state index in [2.05, 4.69) is 0 Å². The lowest BCUT2D eigenvalue weighted by Gasteiger charge is -2.09. The Morgan fingerprint density at radius 1 is 0.895 bits per heavy atom. The van der Waals surface area contributed by atoms with Gasteiger partial charge in [0.25, 0.3) is 0 Å². The predicted molar refractivity (Wildman–Crippen MR) is 71.1 cm³/mol. The van der Waals surface area contributed by atoms with Gasteiger partial charge in [-0.1, -0.05) is 6.07 Å². The first-order valence-electron chi connectivity index (χ1n) is 5.66. The molecule has 0 saturated carbocycles. The number of rotatable bonds is 2. The maximum Gasteiger partial charge on any atom is 0.210 e. The van der Waals surface area contributed by atoms with Gasteiger partial charge in [0.1, 0.15) is 16.4 Å². The predicted octanol–water partition coefficient (Wildman–Crippen LogP) is 2.55. The number of hydrogen-bond donors (Lipinski definition) is 2. The minimum atomic E-state index is -3.85. The van der Waals surface area contributed by atoms with Gasteiger partial charge >= 0.3 is 0 Å². The Morgan fingerprint density at radius 2 is 1.47 bits per heavy atom. The van der Waals surface area contributed by atoms with Crippen molar-refractivity contribution in [3.63, 3.8) is 0 Å². The van der Waals surface area contributed by atoms with Crippen LogP contribution in [0.3, 0.4) is 0 Å². The van der Waals surface area contributed by atoms with Crippen LogP contribution in [0.5, 0.6) is 11.5 Å². The molecule has 5 heteroatoms. The standard InChI is InChI=1S/C14H14O4S/c1-9-5-10(2)7-12(6-9)19(17,18)14-8-11(15)3-4-13(14)16/h3-8,15-16H,1-2H3. The molecule has 19 heavy (non-hydrogen) atoms. The molecule has 0 bridgehead atoms. The van der Waals surface area contributed by atoms with Crippen LogP contribution in [-0.4, -0.2) is 18.6 Å². The fourth-order valence-electron chi connectivity index (χ4n) is 1.93. The summed E-state index contributed by atoms with van der Waals surface area (Å²) in [6, 6.07) is 8.36. The Kier molecular flexibility index (Phi) is 3.24. The van der Waals surface area contributed by atoms with E-state index in [4.69, 9.17) is 0 Å². The van der Waals surface area contributed by atoms with E-state index in [9.17, 15) is 18.6 Å². The molecule has 2 N–H and O–H groups in total. The quantitative estimate of drug-likeness (QED) is 0.828. The molecule has 0 heterocycles. The van der Waals surface area contributed by atoms with Crippen molar-refractivity contribution in [3.8, 4) is 11.5 Å². The second-order valence-electron chi connectivity index (χ2n) is 4.48. The minimum absolute atomic E-state index is 0.103. The molecule has 0 atom stereocenters. The van der Waals surface area contributed by atoms with Gasteiger partial charge in [-0.2, -0.15) is 0 Å². The summed E-state index contributed by atoms with van der Waals surface area (Å²) < 4.78 is 24.9. The van der Waals surface area contributed by atoms with E-state index < -0.39 is 9.84 Å². The Hall–Kier alpha value is -2.01. The topological polar surface area (TPSA) is 74.6 Å². The van der Waals surface area contributed by atoms with Crippen molar-refractivity contribution in [3.05, 3.63) is 47.5 Å². The Morgan fingerprint density at radius 3 is 2.05 bits per heavy atom. The van der Waals surface area contributed by atoms with Crippen LogP contribution in [0.15, 0.2) is 46.2 Å². The third-order valence-corrected chi connectivity index (χ3v) is 4.50. The molecule has 100 valence electrons. The molecule has 0 aromatic heterocycles. The third-order valence-electron chi connectivity index (χ3n) is 2.74. The normalized spacial score (nSPS) is 11.5. The largest absolute Gasteiger partial charge is 0.508 e. The second kappa shape index (κ2) is 4.59. The van der Waals surface area contributed by atoms with Gasteiger partial charge in [0.05, 0.1) is 4.90 Å². The lowest BCUT2D eigenvalue weighted by Crippen LogP contribution is -2.03. The fraction of sp³-hybridized carbons (Fsp3) is 0.143. The Bertz CT molecular complexity index is 713. The SMILES string of the molecule is Cc1cc(C)cc(S(=O)(=O)c2cc(O)ccc2O)c1. The van der Waals surface area contributed by atoms with Gasteiger partial charge in [-0.3, -0.25) is 0 Å². The Balaban J connectivity index is 2.68. The van der Waals surface area contributed by atoms with Crippen LogP contribution in [0.25, 0.3) is 0 Å². The first-order valence-corrected chi connectivity index (χ1v) is 7.14. The summed E-state index contributed by atoms with van der Waals surface area (Å²) in [4.78, 5) is -0.191. The van der Waals surface area contributed by atoms with Crippen LogP contribution in [0.4, 0.5) is 0 Å². The van der Waals surface area contributed by atoms with Crippen molar-refractivity contribution in [2.75, 3.05) is 0 Å². The van der Waals surface area contributed by atoms with Gasteiger partial charge < -0.3 is 10.2 Å². The molecule has 4 nitrogen and oxygen atoms in total. The molecule has 0 amide bonds. The highest BCUT2D eigenvalue weighted by Gasteiger charge is 2.22. The smallest absolute Gasteiger partial charge is 0.210 e. The molecule has 0 saturated heterocycles. The average molecular weight is 278 g/mol. The molecule has 0 spiro atoms. The molecule has 0 unspecified atom stereocenters. The molecule has 2 rings (SSSR count). The van der Waals surface area contributed by atoms with Gasteiger partial charge in [-0.25, -0.2) is 8.42 Å². The van der Waals surface area contributed by atoms with Crippen molar-refractivity contribution in [1.29, 1.82) is 0 Å². The van der Waals surface area contributed by atoms with E-state index in [1.807, 2.05) is 6.07 Å². The van der Waals surface area contributed by atoms with Crippen LogP contribution < -0.4 is 0 Å². The van der Waals surface area contributed by atoms with Crippen molar-refractivity contribution in [1.82, 2.24) is 0 Å². The zero-order valence-corrected chi connectivity index (χ0v) is 11.4. The van der Waals surface area contributed by atoms with E-state index in [1.54, 1.807) is 13.8 Å². The van der Waals surface area contributed by atoms with E-state index in [1.165, 1.54) is 18.2 Å². The molecule has 0 aliphatic rings. The molecule has 2 aromatic carbocycles. The molecule has 0 aliphatic heterocycles. The lowest BCUT2D eigenvalue weighted by molar-refractivity contribution is 0.445. The average Bonchev–Trinajstić information content (AvgIpc) is 2.31. The highest BCUT2D eigenvalue weighted by atomic mass is 32.2. The summed E-state index contributed by atoms with van der Waals surface area (Å²) in [5, 5.41) is 19.1. The lowest BCUT2D eigenvalue weighted by atomic mass is 10.2. The van der Waals surface area contributed by atoms with Crippen molar-refractivity contribution in [2.45, 2.75) is 23.6 Å². The monoisotopic (exact) mass is 278 g/mol. The number of hydrogen-bond acceptors (Lipinski definition) is 4. The highest BCUT2D eigenvalue weighted by Crippen LogP contribution is 2.32. The number of phenols is 2. The first kappa shape index (κ1) is 13.4.